The number of rotatable bonds is 10. The molecule has 0 aromatic heterocycles. The van der Waals surface area contributed by atoms with Crippen LogP contribution in [0.3, 0.4) is 0 Å². The second kappa shape index (κ2) is 9.92. The highest BCUT2D eigenvalue weighted by Crippen LogP contribution is 2.14. The summed E-state index contributed by atoms with van der Waals surface area (Å²) in [6.45, 7) is -0.541. The summed E-state index contributed by atoms with van der Waals surface area (Å²) < 4.78 is 64.8. The van der Waals surface area contributed by atoms with Crippen LogP contribution in [0.5, 0.6) is 0 Å². The summed E-state index contributed by atoms with van der Waals surface area (Å²) in [5.41, 5.74) is 0.799. The molecule has 0 aliphatic carbocycles. The van der Waals surface area contributed by atoms with Crippen LogP contribution in [0.4, 0.5) is 4.39 Å². The number of nitrogens with one attached hydrogen (secondary N) is 2. The fourth-order valence-corrected chi connectivity index (χ4v) is 4.34. The largest absolute Gasteiger partial charge is 0.354 e. The molecule has 0 spiro atoms. The predicted molar refractivity (Wildman–Crippen MR) is 106 cm³/mol. The average molecular weight is 444 g/mol. The maximum absolute atomic E-state index is 12.9. The number of benzene rings is 2. The molecule has 0 aliphatic heterocycles. The highest BCUT2D eigenvalue weighted by Gasteiger charge is 2.23. The number of amides is 1. The molecule has 0 saturated heterocycles. The van der Waals surface area contributed by atoms with E-state index >= 15 is 0 Å². The number of likely N-dealkylation sites (N-methyl/N-ethyl adjacent to an activating group) is 1. The van der Waals surface area contributed by atoms with Gasteiger partial charge >= 0.3 is 0 Å². The number of halogens is 1. The highest BCUT2D eigenvalue weighted by molar-refractivity contribution is 7.89. The second-order valence-corrected chi connectivity index (χ2v) is 10.2. The molecule has 0 saturated carbocycles. The Labute approximate surface area is 169 Å². The average Bonchev–Trinajstić information content (AvgIpc) is 2.67. The monoisotopic (exact) mass is 443 g/mol. The standard InChI is InChI=1S/C18H22FN3O5S2/c1-22(29(26,27)17-9-7-16(19)8-10-17)14-18(23)20-11-12-28(24,25)21-13-15-5-3-2-4-6-15/h2-10,21H,11-14H2,1H3,(H,20,23). The van der Waals surface area contributed by atoms with Gasteiger partial charge in [-0.25, -0.2) is 25.9 Å². The summed E-state index contributed by atoms with van der Waals surface area (Å²) in [7, 11) is -6.37. The molecule has 2 N–H and O–H groups in total. The van der Waals surface area contributed by atoms with Crippen molar-refractivity contribution >= 4 is 26.0 Å². The number of nitrogens with zero attached hydrogens (tertiary/aromatic N) is 1. The molecule has 0 heterocycles. The Morgan fingerprint density at radius 3 is 2.24 bits per heavy atom. The summed E-state index contributed by atoms with van der Waals surface area (Å²) in [6.07, 6.45) is 0. The van der Waals surface area contributed by atoms with E-state index in [1.54, 1.807) is 24.3 Å². The number of carbonyl (C=O) groups is 1. The summed E-state index contributed by atoms with van der Waals surface area (Å²) >= 11 is 0. The molecule has 0 fully saturated rings. The van der Waals surface area contributed by atoms with Gasteiger partial charge in [0.1, 0.15) is 5.82 Å². The topological polar surface area (TPSA) is 113 Å². The maximum atomic E-state index is 12.9. The predicted octanol–water partition coefficient (Wildman–Crippen LogP) is 0.682. The lowest BCUT2D eigenvalue weighted by Gasteiger charge is -2.17. The number of hydrogen-bond acceptors (Lipinski definition) is 5. The van der Waals surface area contributed by atoms with Crippen molar-refractivity contribution in [1.82, 2.24) is 14.3 Å². The molecular formula is C18H22FN3O5S2. The lowest BCUT2D eigenvalue weighted by molar-refractivity contribution is -0.121. The van der Waals surface area contributed by atoms with E-state index in [-0.39, 0.29) is 23.7 Å². The van der Waals surface area contributed by atoms with Crippen molar-refractivity contribution in [3.8, 4) is 0 Å². The molecule has 0 radical (unpaired) electrons. The van der Waals surface area contributed by atoms with E-state index in [1.165, 1.54) is 7.05 Å². The lowest BCUT2D eigenvalue weighted by Crippen LogP contribution is -2.40. The van der Waals surface area contributed by atoms with Gasteiger partial charge in [0.25, 0.3) is 0 Å². The molecule has 2 aromatic rings. The van der Waals surface area contributed by atoms with Crippen LogP contribution in [0, 0.1) is 5.82 Å². The molecular weight excluding hydrogens is 421 g/mol. The molecule has 0 bridgehead atoms. The SMILES string of the molecule is CN(CC(=O)NCCS(=O)(=O)NCc1ccccc1)S(=O)(=O)c1ccc(F)cc1. The van der Waals surface area contributed by atoms with Gasteiger partial charge in [0, 0.05) is 20.1 Å². The molecule has 0 atom stereocenters. The molecule has 0 aliphatic rings. The zero-order valence-electron chi connectivity index (χ0n) is 15.7. The van der Waals surface area contributed by atoms with Crippen LogP contribution in [0.15, 0.2) is 59.5 Å². The minimum Gasteiger partial charge on any atom is -0.354 e. The number of hydrogen-bond donors (Lipinski definition) is 2. The van der Waals surface area contributed by atoms with Gasteiger partial charge in [0.15, 0.2) is 0 Å². The molecule has 8 nitrogen and oxygen atoms in total. The zero-order chi connectivity index (χ0) is 21.5. The van der Waals surface area contributed by atoms with E-state index in [9.17, 15) is 26.0 Å². The fraction of sp³-hybridized carbons (Fsp3) is 0.278. The van der Waals surface area contributed by atoms with Crippen molar-refractivity contribution in [3.63, 3.8) is 0 Å². The van der Waals surface area contributed by atoms with Crippen LogP contribution in [-0.2, 0) is 31.4 Å². The first-order chi connectivity index (χ1) is 13.6. The third kappa shape index (κ3) is 7.20. The lowest BCUT2D eigenvalue weighted by atomic mass is 10.2. The van der Waals surface area contributed by atoms with Gasteiger partial charge in [-0.15, -0.1) is 0 Å². The van der Waals surface area contributed by atoms with E-state index in [4.69, 9.17) is 0 Å². The number of sulfonamides is 2. The first-order valence-corrected chi connectivity index (χ1v) is 11.7. The van der Waals surface area contributed by atoms with Gasteiger partial charge in [-0.2, -0.15) is 4.31 Å². The van der Waals surface area contributed by atoms with Crippen LogP contribution in [0.25, 0.3) is 0 Å². The molecule has 0 unspecified atom stereocenters. The third-order valence-electron chi connectivity index (χ3n) is 3.92. The molecule has 1 amide bonds. The van der Waals surface area contributed by atoms with Gasteiger partial charge in [0.2, 0.25) is 26.0 Å². The highest BCUT2D eigenvalue weighted by atomic mass is 32.2. The van der Waals surface area contributed by atoms with E-state index in [0.29, 0.717) is 0 Å². The molecule has 2 rings (SSSR count). The third-order valence-corrected chi connectivity index (χ3v) is 7.06. The van der Waals surface area contributed by atoms with Gasteiger partial charge in [-0.1, -0.05) is 30.3 Å². The number of carbonyl (C=O) groups excluding carboxylic acids is 1. The van der Waals surface area contributed by atoms with E-state index in [1.807, 2.05) is 6.07 Å². The summed E-state index contributed by atoms with van der Waals surface area (Å²) in [6, 6.07) is 13.2. The summed E-state index contributed by atoms with van der Waals surface area (Å²) in [4.78, 5) is 11.8. The van der Waals surface area contributed by atoms with Crippen molar-refractivity contribution in [2.45, 2.75) is 11.4 Å². The first-order valence-electron chi connectivity index (χ1n) is 8.60. The van der Waals surface area contributed by atoms with Crippen molar-refractivity contribution < 1.29 is 26.0 Å². The van der Waals surface area contributed by atoms with Crippen molar-refractivity contribution in [3.05, 3.63) is 66.0 Å². The van der Waals surface area contributed by atoms with Crippen LogP contribution in [0.1, 0.15) is 5.56 Å². The second-order valence-electron chi connectivity index (χ2n) is 6.19. The van der Waals surface area contributed by atoms with Crippen LogP contribution in [-0.4, -0.2) is 52.9 Å². The van der Waals surface area contributed by atoms with Gasteiger partial charge < -0.3 is 5.32 Å². The molecule has 29 heavy (non-hydrogen) atoms. The van der Waals surface area contributed by atoms with Gasteiger partial charge in [0.05, 0.1) is 17.2 Å². The van der Waals surface area contributed by atoms with E-state index in [0.717, 1.165) is 34.1 Å². The molecule has 158 valence electrons. The Bertz CT molecular complexity index is 1030. The summed E-state index contributed by atoms with van der Waals surface area (Å²) in [5.74, 6) is -1.58. The molecule has 11 heteroatoms. The van der Waals surface area contributed by atoms with Crippen LogP contribution < -0.4 is 10.0 Å². The Morgan fingerprint density at radius 2 is 1.62 bits per heavy atom. The zero-order valence-corrected chi connectivity index (χ0v) is 17.3. The van der Waals surface area contributed by atoms with Crippen LogP contribution in [0.2, 0.25) is 0 Å². The Kier molecular flexibility index (Phi) is 7.85. The van der Waals surface area contributed by atoms with E-state index in [2.05, 4.69) is 10.0 Å². The van der Waals surface area contributed by atoms with Crippen LogP contribution >= 0.6 is 0 Å². The maximum Gasteiger partial charge on any atom is 0.243 e. The van der Waals surface area contributed by atoms with Gasteiger partial charge in [-0.05, 0) is 29.8 Å². The quantitative estimate of drug-likeness (QED) is 0.561. The smallest absolute Gasteiger partial charge is 0.243 e. The minimum absolute atomic E-state index is 0.135. The fourth-order valence-electron chi connectivity index (χ4n) is 2.32. The van der Waals surface area contributed by atoms with Crippen molar-refractivity contribution in [2.75, 3.05) is 25.9 Å². The normalized spacial score (nSPS) is 12.1. The van der Waals surface area contributed by atoms with E-state index < -0.39 is 38.3 Å². The summed E-state index contributed by atoms with van der Waals surface area (Å²) in [5, 5.41) is 2.38. The Balaban J connectivity index is 1.80. The first kappa shape index (κ1) is 22.9. The van der Waals surface area contributed by atoms with Crippen molar-refractivity contribution in [1.29, 1.82) is 0 Å². The van der Waals surface area contributed by atoms with Crippen molar-refractivity contribution in [2.24, 2.45) is 0 Å². The Hall–Kier alpha value is -2.34. The Morgan fingerprint density at radius 1 is 1.00 bits per heavy atom. The van der Waals surface area contributed by atoms with Gasteiger partial charge in [-0.3, -0.25) is 4.79 Å². The molecule has 2 aromatic carbocycles. The minimum atomic E-state index is -3.97.